The average molecular weight is 255 g/mol. The Labute approximate surface area is 106 Å². The topological polar surface area (TPSA) is 47.6 Å². The molecular weight excluding hydrogens is 237 g/mol. The average Bonchev–Trinajstić information content (AvgIpc) is 2.39. The predicted octanol–water partition coefficient (Wildman–Crippen LogP) is 2.05. The lowest BCUT2D eigenvalue weighted by atomic mass is 10.0. The van der Waals surface area contributed by atoms with Crippen molar-refractivity contribution >= 4 is 5.97 Å². The van der Waals surface area contributed by atoms with E-state index < -0.39 is 0 Å². The number of hydrogen-bond acceptors (Lipinski definition) is 4. The van der Waals surface area contributed by atoms with Gasteiger partial charge in [-0.25, -0.2) is 4.39 Å². The van der Waals surface area contributed by atoms with Crippen LogP contribution in [0, 0.1) is 5.82 Å². The highest BCUT2D eigenvalue weighted by molar-refractivity contribution is 5.69. The van der Waals surface area contributed by atoms with Crippen molar-refractivity contribution in [2.75, 3.05) is 21.3 Å². The number of rotatable bonds is 6. The number of carbonyl (C=O) groups is 1. The van der Waals surface area contributed by atoms with Gasteiger partial charge in [-0.1, -0.05) is 0 Å². The summed E-state index contributed by atoms with van der Waals surface area (Å²) in [5, 5.41) is 3.05. The molecule has 1 aromatic rings. The van der Waals surface area contributed by atoms with Crippen LogP contribution in [0.5, 0.6) is 5.75 Å². The van der Waals surface area contributed by atoms with E-state index in [9.17, 15) is 9.18 Å². The zero-order valence-corrected chi connectivity index (χ0v) is 10.8. The van der Waals surface area contributed by atoms with Gasteiger partial charge in [0.2, 0.25) is 0 Å². The molecule has 1 N–H and O–H groups in total. The van der Waals surface area contributed by atoms with Crippen molar-refractivity contribution in [3.63, 3.8) is 0 Å². The van der Waals surface area contributed by atoms with Crippen molar-refractivity contribution in [2.24, 2.45) is 0 Å². The second-order valence-corrected chi connectivity index (χ2v) is 3.84. The smallest absolute Gasteiger partial charge is 0.305 e. The van der Waals surface area contributed by atoms with Crippen molar-refractivity contribution in [3.8, 4) is 5.75 Å². The quantitative estimate of drug-likeness (QED) is 0.790. The van der Waals surface area contributed by atoms with Crippen LogP contribution in [0.25, 0.3) is 0 Å². The molecule has 0 heterocycles. The van der Waals surface area contributed by atoms with Crippen LogP contribution in [0.15, 0.2) is 18.2 Å². The summed E-state index contributed by atoms with van der Waals surface area (Å²) in [7, 11) is 4.63. The monoisotopic (exact) mass is 255 g/mol. The van der Waals surface area contributed by atoms with Gasteiger partial charge in [0.05, 0.1) is 14.2 Å². The van der Waals surface area contributed by atoms with Gasteiger partial charge in [-0.2, -0.15) is 0 Å². The van der Waals surface area contributed by atoms with Crippen LogP contribution in [0.3, 0.4) is 0 Å². The lowest BCUT2D eigenvalue weighted by Crippen LogP contribution is -2.19. The second kappa shape index (κ2) is 6.96. The highest BCUT2D eigenvalue weighted by Gasteiger charge is 2.16. The Kier molecular flexibility index (Phi) is 5.58. The minimum atomic E-state index is -0.330. The number of benzene rings is 1. The van der Waals surface area contributed by atoms with Gasteiger partial charge < -0.3 is 14.8 Å². The third-order valence-electron chi connectivity index (χ3n) is 2.78. The number of carbonyl (C=O) groups excluding carboxylic acids is 1. The molecule has 1 atom stereocenters. The fourth-order valence-electron chi connectivity index (χ4n) is 1.80. The Hall–Kier alpha value is -1.62. The van der Waals surface area contributed by atoms with Crippen molar-refractivity contribution in [1.82, 2.24) is 5.32 Å². The standard InChI is InChI=1S/C13H18FNO3/c1-15-11(5-7-13(16)18-3)10-8-9(14)4-6-12(10)17-2/h4,6,8,11,15H,5,7H2,1-3H3. The largest absolute Gasteiger partial charge is 0.496 e. The summed E-state index contributed by atoms with van der Waals surface area (Å²) in [6, 6.07) is 4.18. The van der Waals surface area contributed by atoms with Gasteiger partial charge in [-0.3, -0.25) is 4.79 Å². The third kappa shape index (κ3) is 3.70. The van der Waals surface area contributed by atoms with Gasteiger partial charge in [0.15, 0.2) is 0 Å². The van der Waals surface area contributed by atoms with Crippen LogP contribution in [-0.4, -0.2) is 27.2 Å². The lowest BCUT2D eigenvalue weighted by molar-refractivity contribution is -0.140. The van der Waals surface area contributed by atoms with E-state index in [1.807, 2.05) is 0 Å². The van der Waals surface area contributed by atoms with Crippen LogP contribution in [0.4, 0.5) is 4.39 Å². The number of hydrogen-bond donors (Lipinski definition) is 1. The van der Waals surface area contributed by atoms with E-state index in [2.05, 4.69) is 10.1 Å². The SMILES string of the molecule is CNC(CCC(=O)OC)c1cc(F)ccc1OC. The molecule has 1 aromatic carbocycles. The Bertz CT molecular complexity index is 409. The van der Waals surface area contributed by atoms with Gasteiger partial charge in [-0.15, -0.1) is 0 Å². The van der Waals surface area contributed by atoms with Gasteiger partial charge in [-0.05, 0) is 31.7 Å². The summed E-state index contributed by atoms with van der Waals surface area (Å²) in [5.41, 5.74) is 0.698. The predicted molar refractivity (Wildman–Crippen MR) is 66.0 cm³/mol. The molecule has 18 heavy (non-hydrogen) atoms. The van der Waals surface area contributed by atoms with Crippen LogP contribution < -0.4 is 10.1 Å². The maximum Gasteiger partial charge on any atom is 0.305 e. The summed E-state index contributed by atoms with van der Waals surface area (Å²) >= 11 is 0. The number of halogens is 1. The molecule has 4 nitrogen and oxygen atoms in total. The minimum absolute atomic E-state index is 0.158. The molecule has 0 fully saturated rings. The fraction of sp³-hybridized carbons (Fsp3) is 0.462. The first-order chi connectivity index (χ1) is 8.62. The molecule has 0 saturated heterocycles. The summed E-state index contributed by atoms with van der Waals surface area (Å²) < 4.78 is 23.1. The summed E-state index contributed by atoms with van der Waals surface area (Å²) in [5.74, 6) is -0.0182. The Balaban J connectivity index is 2.86. The van der Waals surface area contributed by atoms with Gasteiger partial charge in [0.25, 0.3) is 0 Å². The highest BCUT2D eigenvalue weighted by atomic mass is 19.1. The lowest BCUT2D eigenvalue weighted by Gasteiger charge is -2.19. The van der Waals surface area contributed by atoms with Crippen molar-refractivity contribution in [1.29, 1.82) is 0 Å². The number of nitrogens with one attached hydrogen (secondary N) is 1. The number of methoxy groups -OCH3 is 2. The molecule has 0 bridgehead atoms. The van der Waals surface area contributed by atoms with Crippen LogP contribution >= 0.6 is 0 Å². The first-order valence-electron chi connectivity index (χ1n) is 5.70. The molecule has 0 amide bonds. The first kappa shape index (κ1) is 14.4. The maximum absolute atomic E-state index is 13.3. The molecular formula is C13H18FNO3. The number of ether oxygens (including phenoxy) is 2. The fourth-order valence-corrected chi connectivity index (χ4v) is 1.80. The summed E-state index contributed by atoms with van der Waals surface area (Å²) in [6.45, 7) is 0. The molecule has 0 saturated carbocycles. The minimum Gasteiger partial charge on any atom is -0.496 e. The van der Waals surface area contributed by atoms with E-state index in [0.717, 1.165) is 0 Å². The Morgan fingerprint density at radius 3 is 2.72 bits per heavy atom. The van der Waals surface area contributed by atoms with Crippen molar-refractivity contribution in [3.05, 3.63) is 29.6 Å². The van der Waals surface area contributed by atoms with Gasteiger partial charge in [0.1, 0.15) is 11.6 Å². The molecule has 100 valence electrons. The molecule has 1 rings (SSSR count). The molecule has 0 aromatic heterocycles. The van der Waals surface area contributed by atoms with E-state index in [4.69, 9.17) is 4.74 Å². The molecule has 0 spiro atoms. The van der Waals surface area contributed by atoms with E-state index in [1.54, 1.807) is 13.1 Å². The third-order valence-corrected chi connectivity index (χ3v) is 2.78. The van der Waals surface area contributed by atoms with E-state index in [0.29, 0.717) is 17.7 Å². The molecule has 0 aliphatic rings. The molecule has 0 aliphatic carbocycles. The normalized spacial score (nSPS) is 12.0. The van der Waals surface area contributed by atoms with Crippen LogP contribution in [0.1, 0.15) is 24.4 Å². The van der Waals surface area contributed by atoms with Crippen molar-refractivity contribution in [2.45, 2.75) is 18.9 Å². The first-order valence-corrected chi connectivity index (χ1v) is 5.70. The van der Waals surface area contributed by atoms with Gasteiger partial charge in [0, 0.05) is 18.0 Å². The Morgan fingerprint density at radius 1 is 1.44 bits per heavy atom. The zero-order chi connectivity index (χ0) is 13.5. The van der Waals surface area contributed by atoms with E-state index in [-0.39, 0.29) is 24.2 Å². The maximum atomic E-state index is 13.3. The van der Waals surface area contributed by atoms with Crippen LogP contribution in [0.2, 0.25) is 0 Å². The highest BCUT2D eigenvalue weighted by Crippen LogP contribution is 2.28. The van der Waals surface area contributed by atoms with Crippen molar-refractivity contribution < 1.29 is 18.7 Å². The zero-order valence-electron chi connectivity index (χ0n) is 10.8. The van der Waals surface area contributed by atoms with E-state index in [1.165, 1.54) is 26.4 Å². The summed E-state index contributed by atoms with van der Waals surface area (Å²) in [4.78, 5) is 11.1. The molecule has 5 heteroatoms. The Morgan fingerprint density at radius 2 is 2.17 bits per heavy atom. The molecule has 0 aliphatic heterocycles. The number of esters is 1. The van der Waals surface area contributed by atoms with Crippen LogP contribution in [-0.2, 0) is 9.53 Å². The van der Waals surface area contributed by atoms with E-state index >= 15 is 0 Å². The molecule has 0 radical (unpaired) electrons. The second-order valence-electron chi connectivity index (χ2n) is 3.84. The molecule has 1 unspecified atom stereocenters. The summed E-state index contributed by atoms with van der Waals surface area (Å²) in [6.07, 6.45) is 0.782. The van der Waals surface area contributed by atoms with Gasteiger partial charge >= 0.3 is 5.97 Å².